The van der Waals surface area contributed by atoms with Crippen molar-refractivity contribution in [1.82, 2.24) is 9.80 Å². The van der Waals surface area contributed by atoms with Gasteiger partial charge in [0.15, 0.2) is 0 Å². The Labute approximate surface area is 102 Å². The molecule has 0 radical (unpaired) electrons. The molecule has 0 aromatic carbocycles. The van der Waals surface area contributed by atoms with Gasteiger partial charge in [0, 0.05) is 25.8 Å². The minimum atomic E-state index is 0.102. The fraction of sp³-hybridized carbons (Fsp3) is 0.818. The molecular formula is C11H22N2O2S. The normalized spacial score (nSPS) is 10.5. The Kier molecular flexibility index (Phi) is 9.33. The summed E-state index contributed by atoms with van der Waals surface area (Å²) >= 11 is 1.36. The van der Waals surface area contributed by atoms with Gasteiger partial charge >= 0.3 is 0 Å². The van der Waals surface area contributed by atoms with Crippen LogP contribution < -0.4 is 0 Å². The van der Waals surface area contributed by atoms with Crippen molar-refractivity contribution in [1.29, 1.82) is 0 Å². The quantitative estimate of drug-likeness (QED) is 0.483. The number of nitrogens with zero attached hydrogens (tertiary/aromatic N) is 2. The van der Waals surface area contributed by atoms with Crippen molar-refractivity contribution < 1.29 is 9.59 Å². The Balaban J connectivity index is 3.51. The molecule has 1 amide bonds. The molecule has 0 spiro atoms. The molecule has 0 unspecified atom stereocenters. The maximum absolute atomic E-state index is 11.6. The van der Waals surface area contributed by atoms with Crippen molar-refractivity contribution in [2.75, 3.05) is 40.0 Å². The van der Waals surface area contributed by atoms with Crippen LogP contribution in [0.4, 0.5) is 4.79 Å². The van der Waals surface area contributed by atoms with Gasteiger partial charge in [0.25, 0.3) is 5.24 Å². The molecule has 16 heavy (non-hydrogen) atoms. The van der Waals surface area contributed by atoms with Gasteiger partial charge in [-0.1, -0.05) is 11.8 Å². The summed E-state index contributed by atoms with van der Waals surface area (Å²) in [6.07, 6.45) is 3.20. The van der Waals surface area contributed by atoms with E-state index < -0.39 is 0 Å². The third-order valence-corrected chi connectivity index (χ3v) is 3.15. The zero-order chi connectivity index (χ0) is 12.4. The summed E-state index contributed by atoms with van der Waals surface area (Å²) in [6, 6.07) is 0. The van der Waals surface area contributed by atoms with Gasteiger partial charge in [-0.15, -0.1) is 0 Å². The molecule has 0 aliphatic rings. The van der Waals surface area contributed by atoms with Crippen LogP contribution in [0.1, 0.15) is 19.3 Å². The van der Waals surface area contributed by atoms with Crippen LogP contribution in [-0.2, 0) is 4.79 Å². The fourth-order valence-corrected chi connectivity index (χ4v) is 1.91. The lowest BCUT2D eigenvalue weighted by Gasteiger charge is -2.16. The highest BCUT2D eigenvalue weighted by Crippen LogP contribution is 2.09. The van der Waals surface area contributed by atoms with E-state index in [9.17, 15) is 9.59 Å². The van der Waals surface area contributed by atoms with E-state index >= 15 is 0 Å². The van der Waals surface area contributed by atoms with Crippen LogP contribution in [0.3, 0.4) is 0 Å². The maximum Gasteiger partial charge on any atom is 0.281 e. The van der Waals surface area contributed by atoms with Gasteiger partial charge in [-0.2, -0.15) is 0 Å². The average molecular weight is 246 g/mol. The maximum atomic E-state index is 11.6. The van der Waals surface area contributed by atoms with E-state index in [-0.39, 0.29) is 5.24 Å². The molecule has 0 aromatic heterocycles. The van der Waals surface area contributed by atoms with E-state index in [1.54, 1.807) is 11.9 Å². The highest BCUT2D eigenvalue weighted by Gasteiger charge is 2.08. The molecule has 5 heteroatoms. The van der Waals surface area contributed by atoms with Crippen LogP contribution in [0.2, 0.25) is 0 Å². The van der Waals surface area contributed by atoms with Gasteiger partial charge in [-0.3, -0.25) is 4.79 Å². The fourth-order valence-electron chi connectivity index (χ4n) is 1.15. The lowest BCUT2D eigenvalue weighted by molar-refractivity contribution is -0.107. The smallest absolute Gasteiger partial charge is 0.281 e. The second-order valence-corrected chi connectivity index (χ2v) is 5.05. The number of amides is 1. The number of rotatable bonds is 8. The monoisotopic (exact) mass is 246 g/mol. The number of unbranched alkanes of at least 4 members (excludes halogenated alkanes) is 1. The molecule has 0 aromatic rings. The molecule has 0 rings (SSSR count). The summed E-state index contributed by atoms with van der Waals surface area (Å²) in [5, 5.41) is 0.102. The first-order valence-electron chi connectivity index (χ1n) is 5.54. The average Bonchev–Trinajstić information content (AvgIpc) is 2.24. The summed E-state index contributed by atoms with van der Waals surface area (Å²) in [7, 11) is 5.84. The zero-order valence-corrected chi connectivity index (χ0v) is 11.3. The van der Waals surface area contributed by atoms with Crippen LogP contribution in [0, 0.1) is 0 Å². The minimum Gasteiger partial charge on any atom is -0.337 e. The second kappa shape index (κ2) is 9.66. The van der Waals surface area contributed by atoms with Crippen LogP contribution in [0.15, 0.2) is 0 Å². The number of thioether (sulfide) groups is 1. The molecule has 0 saturated carbocycles. The molecule has 0 atom stereocenters. The van der Waals surface area contributed by atoms with Gasteiger partial charge < -0.3 is 14.6 Å². The van der Waals surface area contributed by atoms with Crippen LogP contribution in [-0.4, -0.2) is 61.3 Å². The third-order valence-electron chi connectivity index (χ3n) is 2.10. The number of hydrogen-bond donors (Lipinski definition) is 0. The van der Waals surface area contributed by atoms with Gasteiger partial charge in [0.1, 0.15) is 6.29 Å². The summed E-state index contributed by atoms with van der Waals surface area (Å²) in [5.41, 5.74) is 0. The number of aldehydes is 1. The van der Waals surface area contributed by atoms with Crippen molar-refractivity contribution in [3.05, 3.63) is 0 Å². The first kappa shape index (κ1) is 15.4. The first-order valence-corrected chi connectivity index (χ1v) is 6.52. The molecule has 0 aliphatic heterocycles. The van der Waals surface area contributed by atoms with E-state index in [1.807, 2.05) is 14.1 Å². The summed E-state index contributed by atoms with van der Waals surface area (Å²) in [4.78, 5) is 25.5. The predicted octanol–water partition coefficient (Wildman–Crippen LogP) is 1.70. The molecule has 0 saturated heterocycles. The standard InChI is InChI=1S/C11H22N2O2S/c1-12(2)7-6-10-16-11(15)13(3)8-4-5-9-14/h9H,4-8,10H2,1-3H3. The molecule has 0 bridgehead atoms. The Morgan fingerprint density at radius 2 is 1.88 bits per heavy atom. The van der Waals surface area contributed by atoms with Crippen molar-refractivity contribution in [2.45, 2.75) is 19.3 Å². The number of carbonyl (C=O) groups excluding carboxylic acids is 2. The molecule has 0 fully saturated rings. The SMILES string of the molecule is CN(C)CCCSC(=O)N(C)CCCC=O. The molecule has 94 valence electrons. The van der Waals surface area contributed by atoms with E-state index in [0.29, 0.717) is 13.0 Å². The van der Waals surface area contributed by atoms with E-state index in [1.165, 1.54) is 11.8 Å². The number of carbonyl (C=O) groups is 2. The predicted molar refractivity (Wildman–Crippen MR) is 69.0 cm³/mol. The highest BCUT2D eigenvalue weighted by atomic mass is 32.2. The van der Waals surface area contributed by atoms with E-state index in [0.717, 1.165) is 31.4 Å². The highest BCUT2D eigenvalue weighted by molar-refractivity contribution is 8.13. The van der Waals surface area contributed by atoms with E-state index in [2.05, 4.69) is 4.90 Å². The Morgan fingerprint density at radius 1 is 1.19 bits per heavy atom. The molecule has 0 N–H and O–H groups in total. The Bertz CT molecular complexity index is 210. The van der Waals surface area contributed by atoms with Gasteiger partial charge in [-0.25, -0.2) is 0 Å². The summed E-state index contributed by atoms with van der Waals surface area (Å²) < 4.78 is 0. The molecule has 0 heterocycles. The summed E-state index contributed by atoms with van der Waals surface area (Å²) in [5.74, 6) is 0.856. The van der Waals surface area contributed by atoms with Crippen molar-refractivity contribution in [2.24, 2.45) is 0 Å². The van der Waals surface area contributed by atoms with Crippen molar-refractivity contribution in [3.63, 3.8) is 0 Å². The number of hydrogen-bond acceptors (Lipinski definition) is 4. The first-order chi connectivity index (χ1) is 7.57. The van der Waals surface area contributed by atoms with Gasteiger partial charge in [0.05, 0.1) is 0 Å². The van der Waals surface area contributed by atoms with Crippen molar-refractivity contribution >= 4 is 23.3 Å². The molecular weight excluding hydrogens is 224 g/mol. The summed E-state index contributed by atoms with van der Waals surface area (Å²) in [6.45, 7) is 1.67. The largest absolute Gasteiger partial charge is 0.337 e. The second-order valence-electron chi connectivity index (χ2n) is 4.00. The van der Waals surface area contributed by atoms with Crippen LogP contribution in [0.5, 0.6) is 0 Å². The van der Waals surface area contributed by atoms with Gasteiger partial charge in [-0.05, 0) is 33.5 Å². The minimum absolute atomic E-state index is 0.102. The lowest BCUT2D eigenvalue weighted by Crippen LogP contribution is -2.24. The zero-order valence-electron chi connectivity index (χ0n) is 10.4. The lowest BCUT2D eigenvalue weighted by atomic mass is 10.3. The topological polar surface area (TPSA) is 40.6 Å². The molecule has 4 nitrogen and oxygen atoms in total. The molecule has 0 aliphatic carbocycles. The van der Waals surface area contributed by atoms with Crippen molar-refractivity contribution in [3.8, 4) is 0 Å². The van der Waals surface area contributed by atoms with E-state index in [4.69, 9.17) is 0 Å². The Morgan fingerprint density at radius 3 is 2.44 bits per heavy atom. The van der Waals surface area contributed by atoms with Crippen LogP contribution >= 0.6 is 11.8 Å². The Hall–Kier alpha value is -0.550. The van der Waals surface area contributed by atoms with Crippen LogP contribution in [0.25, 0.3) is 0 Å². The third kappa shape index (κ3) is 8.73. The van der Waals surface area contributed by atoms with Gasteiger partial charge in [0.2, 0.25) is 0 Å².